The van der Waals surface area contributed by atoms with E-state index in [9.17, 15) is 20.0 Å². The van der Waals surface area contributed by atoms with Crippen molar-refractivity contribution >= 4 is 29.3 Å². The van der Waals surface area contributed by atoms with Gasteiger partial charge in [-0.15, -0.1) is 0 Å². The van der Waals surface area contributed by atoms with Crippen molar-refractivity contribution in [3.05, 3.63) is 90.0 Å². The number of ether oxygens (including phenoxy) is 2. The normalized spacial score (nSPS) is 11.2. The Morgan fingerprint density at radius 1 is 0.974 bits per heavy atom. The summed E-state index contributed by atoms with van der Waals surface area (Å²) in [5.41, 5.74) is 3.42. The zero-order valence-electron chi connectivity index (χ0n) is 21.5. The molecule has 0 bridgehead atoms. The predicted molar refractivity (Wildman–Crippen MR) is 150 cm³/mol. The molecular formula is C30H25N3O5S. The first-order chi connectivity index (χ1) is 18.8. The molecule has 0 radical (unpaired) electrons. The van der Waals surface area contributed by atoms with Gasteiger partial charge < -0.3 is 19.9 Å². The van der Waals surface area contributed by atoms with Gasteiger partial charge >= 0.3 is 5.97 Å². The van der Waals surface area contributed by atoms with Crippen LogP contribution in [0.2, 0.25) is 0 Å². The number of hydrogen-bond donors (Lipinski definition) is 2. The number of carbonyl (C=O) groups excluding carboxylic acids is 1. The average molecular weight is 540 g/mol. The molecular weight excluding hydrogens is 514 g/mol. The summed E-state index contributed by atoms with van der Waals surface area (Å²) in [6.45, 7) is 1.70. The highest BCUT2D eigenvalue weighted by Gasteiger charge is 2.23. The van der Waals surface area contributed by atoms with Crippen molar-refractivity contribution in [2.24, 2.45) is 0 Å². The Bertz CT molecular complexity index is 1570. The van der Waals surface area contributed by atoms with Gasteiger partial charge in [-0.1, -0.05) is 48.2 Å². The number of aromatic nitrogens is 1. The molecule has 196 valence electrons. The van der Waals surface area contributed by atoms with Gasteiger partial charge in [-0.2, -0.15) is 5.26 Å². The molecule has 1 heterocycles. The number of carboxylic acid groups (broad SMARTS) is 1. The van der Waals surface area contributed by atoms with Crippen molar-refractivity contribution in [2.75, 3.05) is 19.5 Å². The van der Waals surface area contributed by atoms with Crippen molar-refractivity contribution in [3.8, 4) is 40.0 Å². The van der Waals surface area contributed by atoms with Crippen LogP contribution in [0.25, 0.3) is 22.4 Å². The highest BCUT2D eigenvalue weighted by atomic mass is 32.2. The minimum atomic E-state index is -1.09. The molecule has 4 aromatic rings. The Morgan fingerprint density at radius 3 is 2.41 bits per heavy atom. The minimum Gasteiger partial charge on any atom is -0.497 e. The molecule has 1 unspecified atom stereocenters. The van der Waals surface area contributed by atoms with Gasteiger partial charge in [-0.3, -0.25) is 4.79 Å². The summed E-state index contributed by atoms with van der Waals surface area (Å²) < 4.78 is 11.0. The standard InChI is InChI=1S/C30H25N3O5S/c1-18(28(34)32-21-11-7-10-20(14-21)30(35)36)39-29-25(17-31)23(16-26(33-29)19-8-5-4-6-9-19)24-15-22(37-2)12-13-27(24)38-3/h4-16,18H,1-3H3,(H,32,34)(H,35,36). The summed E-state index contributed by atoms with van der Waals surface area (Å²) >= 11 is 1.14. The van der Waals surface area contributed by atoms with Crippen molar-refractivity contribution in [3.63, 3.8) is 0 Å². The lowest BCUT2D eigenvalue weighted by molar-refractivity contribution is -0.115. The van der Waals surface area contributed by atoms with Crippen LogP contribution in [0.4, 0.5) is 5.69 Å². The molecule has 0 aliphatic heterocycles. The minimum absolute atomic E-state index is 0.0639. The monoisotopic (exact) mass is 539 g/mol. The van der Waals surface area contributed by atoms with E-state index in [1.807, 2.05) is 36.4 Å². The van der Waals surface area contributed by atoms with E-state index < -0.39 is 11.2 Å². The highest BCUT2D eigenvalue weighted by molar-refractivity contribution is 8.00. The van der Waals surface area contributed by atoms with Gasteiger partial charge in [-0.05, 0) is 49.4 Å². The number of amides is 1. The Labute approximate surface area is 230 Å². The number of nitriles is 1. The van der Waals surface area contributed by atoms with E-state index in [2.05, 4.69) is 11.4 Å². The summed E-state index contributed by atoms with van der Waals surface area (Å²) in [5.74, 6) is -0.302. The number of benzene rings is 3. The fraction of sp³-hybridized carbons (Fsp3) is 0.133. The number of pyridine rings is 1. The fourth-order valence-electron chi connectivity index (χ4n) is 3.90. The molecule has 3 aromatic carbocycles. The lowest BCUT2D eigenvalue weighted by Gasteiger charge is -2.17. The third-order valence-electron chi connectivity index (χ3n) is 5.90. The van der Waals surface area contributed by atoms with E-state index in [0.717, 1.165) is 17.3 Å². The van der Waals surface area contributed by atoms with Gasteiger partial charge in [0.15, 0.2) is 0 Å². The molecule has 39 heavy (non-hydrogen) atoms. The third kappa shape index (κ3) is 6.20. The van der Waals surface area contributed by atoms with Gasteiger partial charge in [0.2, 0.25) is 5.91 Å². The second-order valence-electron chi connectivity index (χ2n) is 8.41. The van der Waals surface area contributed by atoms with Gasteiger partial charge in [0.05, 0.1) is 36.3 Å². The molecule has 2 N–H and O–H groups in total. The molecule has 9 heteroatoms. The van der Waals surface area contributed by atoms with Crippen LogP contribution in [0.5, 0.6) is 11.5 Å². The van der Waals surface area contributed by atoms with E-state index in [4.69, 9.17) is 14.5 Å². The Morgan fingerprint density at radius 2 is 1.74 bits per heavy atom. The van der Waals surface area contributed by atoms with Crippen LogP contribution < -0.4 is 14.8 Å². The summed E-state index contributed by atoms with van der Waals surface area (Å²) in [6, 6.07) is 25.0. The fourth-order valence-corrected chi connectivity index (χ4v) is 4.83. The SMILES string of the molecule is COc1ccc(OC)c(-c2cc(-c3ccccc3)nc(SC(C)C(=O)Nc3cccc(C(=O)O)c3)c2C#N)c1. The van der Waals surface area contributed by atoms with Crippen LogP contribution in [0.15, 0.2) is 83.9 Å². The van der Waals surface area contributed by atoms with Crippen LogP contribution in [-0.2, 0) is 4.79 Å². The molecule has 8 nitrogen and oxygen atoms in total. The number of carbonyl (C=O) groups is 2. The van der Waals surface area contributed by atoms with Gasteiger partial charge in [0.1, 0.15) is 22.6 Å². The first-order valence-corrected chi connectivity index (χ1v) is 12.8. The Hall–Kier alpha value is -4.81. The smallest absolute Gasteiger partial charge is 0.335 e. The zero-order valence-corrected chi connectivity index (χ0v) is 22.3. The summed E-state index contributed by atoms with van der Waals surface area (Å²) in [6.07, 6.45) is 0. The van der Waals surface area contributed by atoms with Crippen LogP contribution in [-0.4, -0.2) is 41.4 Å². The van der Waals surface area contributed by atoms with Crippen LogP contribution in [0.3, 0.4) is 0 Å². The largest absolute Gasteiger partial charge is 0.497 e. The maximum atomic E-state index is 13.1. The third-order valence-corrected chi connectivity index (χ3v) is 6.99. The molecule has 4 rings (SSSR count). The van der Waals surface area contributed by atoms with Crippen molar-refractivity contribution in [2.45, 2.75) is 17.2 Å². The summed E-state index contributed by atoms with van der Waals surface area (Å²) in [7, 11) is 3.12. The lowest BCUT2D eigenvalue weighted by Crippen LogP contribution is -2.23. The van der Waals surface area contributed by atoms with E-state index in [-0.39, 0.29) is 11.5 Å². The first kappa shape index (κ1) is 27.2. The number of hydrogen-bond acceptors (Lipinski definition) is 7. The molecule has 0 fully saturated rings. The van der Waals surface area contributed by atoms with Crippen LogP contribution in [0.1, 0.15) is 22.8 Å². The molecule has 1 atom stereocenters. The number of methoxy groups -OCH3 is 2. The van der Waals surface area contributed by atoms with E-state index >= 15 is 0 Å². The van der Waals surface area contributed by atoms with Crippen molar-refractivity contribution in [1.82, 2.24) is 4.98 Å². The molecule has 0 aliphatic carbocycles. The zero-order chi connectivity index (χ0) is 27.9. The molecule has 1 amide bonds. The number of aromatic carboxylic acids is 1. The second-order valence-corrected chi connectivity index (χ2v) is 9.74. The first-order valence-electron chi connectivity index (χ1n) is 11.9. The molecule has 0 saturated heterocycles. The number of nitrogens with one attached hydrogen (secondary N) is 1. The van der Waals surface area contributed by atoms with Crippen LogP contribution >= 0.6 is 11.8 Å². The van der Waals surface area contributed by atoms with E-state index in [1.165, 1.54) is 12.1 Å². The quantitative estimate of drug-likeness (QED) is 0.244. The van der Waals surface area contributed by atoms with Gasteiger partial charge in [0, 0.05) is 22.4 Å². The highest BCUT2D eigenvalue weighted by Crippen LogP contribution is 2.40. The van der Waals surface area contributed by atoms with E-state index in [0.29, 0.717) is 44.6 Å². The van der Waals surface area contributed by atoms with Gasteiger partial charge in [-0.25, -0.2) is 9.78 Å². The lowest BCUT2D eigenvalue weighted by atomic mass is 9.98. The Kier molecular flexibility index (Phi) is 8.49. The topological polar surface area (TPSA) is 122 Å². The van der Waals surface area contributed by atoms with Crippen LogP contribution in [0, 0.1) is 11.3 Å². The number of carboxylic acids is 1. The molecule has 0 spiro atoms. The number of rotatable bonds is 9. The van der Waals surface area contributed by atoms with Gasteiger partial charge in [0.25, 0.3) is 0 Å². The maximum absolute atomic E-state index is 13.1. The average Bonchev–Trinajstić information content (AvgIpc) is 2.96. The van der Waals surface area contributed by atoms with Crippen molar-refractivity contribution < 1.29 is 24.2 Å². The predicted octanol–water partition coefficient (Wildman–Crippen LogP) is 6.12. The second kappa shape index (κ2) is 12.2. The molecule has 0 aliphatic rings. The number of thioether (sulfide) groups is 1. The number of nitrogens with zero attached hydrogens (tertiary/aromatic N) is 2. The summed E-state index contributed by atoms with van der Waals surface area (Å²) in [5, 5.41) is 22.0. The maximum Gasteiger partial charge on any atom is 0.335 e. The molecule has 1 aromatic heterocycles. The van der Waals surface area contributed by atoms with Crippen molar-refractivity contribution in [1.29, 1.82) is 5.26 Å². The number of anilines is 1. The Balaban J connectivity index is 1.77. The summed E-state index contributed by atoms with van der Waals surface area (Å²) in [4.78, 5) is 29.1. The molecule has 0 saturated carbocycles. The van der Waals surface area contributed by atoms with E-state index in [1.54, 1.807) is 51.5 Å².